The van der Waals surface area contributed by atoms with E-state index in [2.05, 4.69) is 46.5 Å². The second-order valence-electron chi connectivity index (χ2n) is 4.97. The average molecular weight is 330 g/mol. The molecule has 0 bridgehead atoms. The van der Waals surface area contributed by atoms with Gasteiger partial charge in [0.05, 0.1) is 5.39 Å². The average Bonchev–Trinajstić information content (AvgIpc) is 2.93. The number of hydrogen-bond acceptors (Lipinski definition) is 5. The molecule has 0 saturated heterocycles. The summed E-state index contributed by atoms with van der Waals surface area (Å²) < 4.78 is 0. The van der Waals surface area contributed by atoms with E-state index < -0.39 is 11.2 Å². The van der Waals surface area contributed by atoms with Crippen LogP contribution in [0.1, 0.15) is 12.5 Å². The fraction of sp³-hybridized carbons (Fsp3) is 0.188. The number of thioether (sulfide) groups is 1. The van der Waals surface area contributed by atoms with Crippen LogP contribution in [0.3, 0.4) is 0 Å². The van der Waals surface area contributed by atoms with Crippen molar-refractivity contribution in [1.29, 1.82) is 0 Å². The Bertz CT molecular complexity index is 828. The number of nitrogens with zero attached hydrogens (tertiary/aromatic N) is 2. The van der Waals surface area contributed by atoms with Crippen LogP contribution in [0.25, 0.3) is 21.3 Å². The molecule has 112 valence electrons. The van der Waals surface area contributed by atoms with Crippen LogP contribution in [-0.2, 0) is 4.79 Å². The highest BCUT2D eigenvalue weighted by atomic mass is 32.2. The molecule has 0 radical (unpaired) electrons. The first-order chi connectivity index (χ1) is 10.6. The van der Waals surface area contributed by atoms with E-state index in [-0.39, 0.29) is 0 Å². The Balaban J connectivity index is 2.12. The number of benzene rings is 1. The van der Waals surface area contributed by atoms with Gasteiger partial charge in [-0.05, 0) is 19.4 Å². The molecule has 2 heterocycles. The second kappa shape index (κ2) is 6.06. The number of carbonyl (C=O) groups is 1. The lowest BCUT2D eigenvalue weighted by Crippen LogP contribution is -2.11. The Kier molecular flexibility index (Phi) is 4.13. The predicted molar refractivity (Wildman–Crippen MR) is 90.5 cm³/mol. The molecule has 0 aliphatic heterocycles. The number of carboxylic acids is 1. The minimum Gasteiger partial charge on any atom is -0.480 e. The number of fused-ring (bicyclic) bond motifs is 1. The highest BCUT2D eigenvalue weighted by Gasteiger charge is 2.18. The molecule has 0 aliphatic carbocycles. The zero-order valence-electron chi connectivity index (χ0n) is 12.1. The molecular weight excluding hydrogens is 316 g/mol. The largest absolute Gasteiger partial charge is 0.480 e. The van der Waals surface area contributed by atoms with Crippen molar-refractivity contribution in [2.75, 3.05) is 0 Å². The quantitative estimate of drug-likeness (QED) is 0.573. The van der Waals surface area contributed by atoms with Crippen LogP contribution in [0.2, 0.25) is 0 Å². The van der Waals surface area contributed by atoms with Crippen LogP contribution in [0.15, 0.2) is 41.0 Å². The molecule has 0 saturated carbocycles. The molecule has 0 aliphatic rings. The first-order valence-corrected chi connectivity index (χ1v) is 8.51. The third-order valence-corrected chi connectivity index (χ3v) is 5.31. The number of aromatic nitrogens is 2. The number of rotatable bonds is 4. The van der Waals surface area contributed by atoms with Crippen molar-refractivity contribution in [3.05, 3.63) is 41.5 Å². The highest BCUT2D eigenvalue weighted by Crippen LogP contribution is 2.38. The molecule has 1 atom stereocenters. The van der Waals surface area contributed by atoms with Crippen molar-refractivity contribution in [1.82, 2.24) is 9.97 Å². The van der Waals surface area contributed by atoms with Crippen LogP contribution in [0, 0.1) is 6.92 Å². The molecule has 3 aromatic rings. The molecule has 1 aromatic carbocycles. The predicted octanol–water partition coefficient (Wildman–Crippen LogP) is 4.23. The molecular formula is C16H14N2O2S2. The maximum absolute atomic E-state index is 11.1. The third kappa shape index (κ3) is 2.84. The second-order valence-corrected chi connectivity index (χ2v) is 7.16. The van der Waals surface area contributed by atoms with Gasteiger partial charge in [-0.2, -0.15) is 0 Å². The number of carboxylic acid groups (broad SMARTS) is 1. The summed E-state index contributed by atoms with van der Waals surface area (Å²) in [5.41, 5.74) is 3.35. The summed E-state index contributed by atoms with van der Waals surface area (Å²) in [7, 11) is 0. The first kappa shape index (κ1) is 15.0. The van der Waals surface area contributed by atoms with Crippen molar-refractivity contribution in [3.63, 3.8) is 0 Å². The van der Waals surface area contributed by atoms with Crippen molar-refractivity contribution < 1.29 is 9.90 Å². The van der Waals surface area contributed by atoms with Crippen LogP contribution < -0.4 is 0 Å². The first-order valence-electron chi connectivity index (χ1n) is 6.75. The van der Waals surface area contributed by atoms with Gasteiger partial charge in [0.1, 0.15) is 21.4 Å². The van der Waals surface area contributed by atoms with Gasteiger partial charge in [0.25, 0.3) is 0 Å². The summed E-state index contributed by atoms with van der Waals surface area (Å²) in [5.74, 6) is -0.844. The molecule has 0 spiro atoms. The third-order valence-electron chi connectivity index (χ3n) is 3.33. The van der Waals surface area contributed by atoms with Gasteiger partial charge in [0.2, 0.25) is 0 Å². The molecule has 4 nitrogen and oxygen atoms in total. The molecule has 1 N–H and O–H groups in total. The SMILES string of the molecule is Cc1ccc(-c2csc3ncnc(S[C@@H](C)C(=O)O)c23)cc1. The molecule has 6 heteroatoms. The van der Waals surface area contributed by atoms with Crippen LogP contribution in [-0.4, -0.2) is 26.3 Å². The molecule has 0 unspecified atom stereocenters. The zero-order chi connectivity index (χ0) is 15.7. The number of aliphatic carboxylic acids is 1. The lowest BCUT2D eigenvalue weighted by Gasteiger charge is -2.08. The van der Waals surface area contributed by atoms with Crippen molar-refractivity contribution in [3.8, 4) is 11.1 Å². The highest BCUT2D eigenvalue weighted by molar-refractivity contribution is 8.00. The van der Waals surface area contributed by atoms with E-state index in [9.17, 15) is 4.79 Å². The lowest BCUT2D eigenvalue weighted by atomic mass is 10.1. The van der Waals surface area contributed by atoms with Gasteiger partial charge in [0, 0.05) is 10.9 Å². The molecule has 3 rings (SSSR count). The summed E-state index contributed by atoms with van der Waals surface area (Å²) in [6, 6.07) is 8.27. The molecule has 0 amide bonds. The Morgan fingerprint density at radius 2 is 2.00 bits per heavy atom. The number of thiophene rings is 1. The van der Waals surface area contributed by atoms with E-state index >= 15 is 0 Å². The van der Waals surface area contributed by atoms with Gasteiger partial charge in [-0.15, -0.1) is 11.3 Å². The van der Waals surface area contributed by atoms with E-state index in [1.54, 1.807) is 18.3 Å². The van der Waals surface area contributed by atoms with Gasteiger partial charge in [-0.25, -0.2) is 9.97 Å². The van der Waals surface area contributed by atoms with Gasteiger partial charge >= 0.3 is 5.97 Å². The van der Waals surface area contributed by atoms with Crippen molar-refractivity contribution >= 4 is 39.3 Å². The normalized spacial score (nSPS) is 12.5. The van der Waals surface area contributed by atoms with Gasteiger partial charge in [-0.3, -0.25) is 4.79 Å². The molecule has 2 aromatic heterocycles. The maximum atomic E-state index is 11.1. The van der Waals surface area contributed by atoms with Gasteiger partial charge < -0.3 is 5.11 Å². The Morgan fingerprint density at radius 1 is 1.27 bits per heavy atom. The minimum absolute atomic E-state index is 0.552. The minimum atomic E-state index is -0.844. The Labute approximate surface area is 136 Å². The van der Waals surface area contributed by atoms with Crippen LogP contribution in [0.5, 0.6) is 0 Å². The topological polar surface area (TPSA) is 63.1 Å². The fourth-order valence-electron chi connectivity index (χ4n) is 2.10. The lowest BCUT2D eigenvalue weighted by molar-refractivity contribution is -0.136. The summed E-state index contributed by atoms with van der Waals surface area (Å²) in [6.07, 6.45) is 1.49. The fourth-order valence-corrected chi connectivity index (χ4v) is 3.95. The molecule has 0 fully saturated rings. The van der Waals surface area contributed by atoms with E-state index in [4.69, 9.17) is 5.11 Å². The van der Waals surface area contributed by atoms with Gasteiger partial charge in [-0.1, -0.05) is 41.6 Å². The zero-order valence-corrected chi connectivity index (χ0v) is 13.7. The Hall–Kier alpha value is -1.92. The summed E-state index contributed by atoms with van der Waals surface area (Å²) in [5, 5.41) is 12.3. The summed E-state index contributed by atoms with van der Waals surface area (Å²) in [4.78, 5) is 20.6. The van der Waals surface area contributed by atoms with Crippen molar-refractivity contribution in [2.24, 2.45) is 0 Å². The number of hydrogen-bond donors (Lipinski definition) is 1. The van der Waals surface area contributed by atoms with Crippen LogP contribution >= 0.6 is 23.1 Å². The summed E-state index contributed by atoms with van der Waals surface area (Å²) in [6.45, 7) is 3.72. The Morgan fingerprint density at radius 3 is 2.68 bits per heavy atom. The standard InChI is InChI=1S/C16H14N2O2S2/c1-9-3-5-11(6-4-9)12-7-21-14-13(12)15(18-8-17-14)22-10(2)16(19)20/h3-8,10H,1-2H3,(H,19,20)/t10-/m0/s1. The van der Waals surface area contributed by atoms with E-state index in [1.165, 1.54) is 23.7 Å². The maximum Gasteiger partial charge on any atom is 0.316 e. The van der Waals surface area contributed by atoms with E-state index in [0.717, 1.165) is 26.4 Å². The molecule has 22 heavy (non-hydrogen) atoms. The van der Waals surface area contributed by atoms with Gasteiger partial charge in [0.15, 0.2) is 0 Å². The monoisotopic (exact) mass is 330 g/mol. The smallest absolute Gasteiger partial charge is 0.316 e. The van der Waals surface area contributed by atoms with E-state index in [0.29, 0.717) is 0 Å². The van der Waals surface area contributed by atoms with Crippen LogP contribution in [0.4, 0.5) is 0 Å². The van der Waals surface area contributed by atoms with E-state index in [1.807, 2.05) is 0 Å². The number of aryl methyl sites for hydroxylation is 1. The van der Waals surface area contributed by atoms with Crippen molar-refractivity contribution in [2.45, 2.75) is 24.1 Å². The summed E-state index contributed by atoms with van der Waals surface area (Å²) >= 11 is 2.80.